The van der Waals surface area contributed by atoms with E-state index in [1.165, 1.54) is 0 Å². The zero-order valence-corrected chi connectivity index (χ0v) is 9.68. The van der Waals surface area contributed by atoms with Gasteiger partial charge in [0.05, 0.1) is 10.2 Å². The van der Waals surface area contributed by atoms with E-state index in [1.54, 1.807) is 29.2 Å². The predicted molar refractivity (Wildman–Crippen MR) is 64.8 cm³/mol. The molecule has 4 nitrogen and oxygen atoms in total. The van der Waals surface area contributed by atoms with Crippen LogP contribution in [0.4, 0.5) is 5.69 Å². The van der Waals surface area contributed by atoms with Crippen molar-refractivity contribution in [2.24, 2.45) is 5.11 Å². The van der Waals surface area contributed by atoms with Gasteiger partial charge in [0.2, 0.25) is 0 Å². The monoisotopic (exact) mass is 236 g/mol. The number of thiazole rings is 1. The van der Waals surface area contributed by atoms with E-state index in [0.29, 0.717) is 5.69 Å². The normalized spacial score (nSPS) is 10.2. The number of nitrogens with zero attached hydrogens (tertiary/aromatic N) is 4. The van der Waals surface area contributed by atoms with Gasteiger partial charge in [-0.15, -0.1) is 11.3 Å². The number of azide groups is 1. The first-order chi connectivity index (χ1) is 7.33. The fraction of sp³-hybridized carbons (Fsp3) is 0.222. The molecule has 1 heterocycles. The second kappa shape index (κ2) is 4.53. The van der Waals surface area contributed by atoms with Crippen molar-refractivity contribution in [3.8, 4) is 0 Å². The molecule has 0 saturated carbocycles. The van der Waals surface area contributed by atoms with Gasteiger partial charge in [0.25, 0.3) is 0 Å². The summed E-state index contributed by atoms with van der Waals surface area (Å²) in [5.74, 6) is 1.02. The van der Waals surface area contributed by atoms with Crippen LogP contribution in [0.15, 0.2) is 27.7 Å². The molecule has 0 aliphatic heterocycles. The number of hydrogen-bond donors (Lipinski definition) is 0. The highest BCUT2D eigenvalue weighted by Crippen LogP contribution is 2.31. The highest BCUT2D eigenvalue weighted by Gasteiger charge is 2.03. The lowest BCUT2D eigenvalue weighted by Gasteiger charge is -1.88. The van der Waals surface area contributed by atoms with Crippen LogP contribution in [0, 0.1) is 0 Å². The Labute approximate surface area is 95.0 Å². The molecule has 2 rings (SSSR count). The molecule has 0 atom stereocenters. The zero-order chi connectivity index (χ0) is 10.7. The van der Waals surface area contributed by atoms with Crippen molar-refractivity contribution in [2.75, 3.05) is 5.75 Å². The summed E-state index contributed by atoms with van der Waals surface area (Å²) in [5, 5.41) is 3.56. The van der Waals surface area contributed by atoms with Gasteiger partial charge in [-0.3, -0.25) is 0 Å². The maximum Gasteiger partial charge on any atom is 0.151 e. The van der Waals surface area contributed by atoms with Crippen molar-refractivity contribution < 1.29 is 0 Å². The van der Waals surface area contributed by atoms with E-state index in [-0.39, 0.29) is 0 Å². The fourth-order valence-corrected chi connectivity index (χ4v) is 3.19. The number of aromatic nitrogens is 1. The highest BCUT2D eigenvalue weighted by molar-refractivity contribution is 8.01. The lowest BCUT2D eigenvalue weighted by atomic mass is 10.3. The summed E-state index contributed by atoms with van der Waals surface area (Å²) in [6.07, 6.45) is 0. The molecule has 1 aromatic heterocycles. The molecule has 0 radical (unpaired) electrons. The van der Waals surface area contributed by atoms with Crippen LogP contribution in [0.1, 0.15) is 6.92 Å². The van der Waals surface area contributed by atoms with E-state index in [4.69, 9.17) is 5.53 Å². The maximum absolute atomic E-state index is 8.32. The average molecular weight is 236 g/mol. The first kappa shape index (κ1) is 10.3. The fourth-order valence-electron chi connectivity index (χ4n) is 1.19. The first-order valence-corrected chi connectivity index (χ1v) is 6.22. The van der Waals surface area contributed by atoms with Gasteiger partial charge in [0.1, 0.15) is 0 Å². The Hall–Kier alpha value is -1.23. The summed E-state index contributed by atoms with van der Waals surface area (Å²) in [4.78, 5) is 7.21. The van der Waals surface area contributed by atoms with Gasteiger partial charge in [-0.1, -0.05) is 29.9 Å². The Morgan fingerprint density at radius 3 is 3.20 bits per heavy atom. The Bertz CT molecular complexity index is 528. The number of hydrogen-bond acceptors (Lipinski definition) is 4. The van der Waals surface area contributed by atoms with Gasteiger partial charge >= 0.3 is 0 Å². The van der Waals surface area contributed by atoms with Crippen molar-refractivity contribution >= 4 is 39.0 Å². The van der Waals surface area contributed by atoms with Gasteiger partial charge in [0.15, 0.2) is 4.34 Å². The third kappa shape index (κ3) is 2.23. The maximum atomic E-state index is 8.32. The second-order valence-corrected chi connectivity index (χ2v) is 5.30. The van der Waals surface area contributed by atoms with Gasteiger partial charge < -0.3 is 0 Å². The summed E-state index contributed by atoms with van der Waals surface area (Å²) in [6, 6.07) is 5.53. The molecule has 0 spiro atoms. The van der Waals surface area contributed by atoms with Crippen LogP contribution >= 0.6 is 23.1 Å². The predicted octanol–water partition coefficient (Wildman–Crippen LogP) is 4.35. The molecule has 0 fully saturated rings. The number of thioether (sulfide) groups is 1. The van der Waals surface area contributed by atoms with Gasteiger partial charge in [-0.25, -0.2) is 4.98 Å². The summed E-state index contributed by atoms with van der Waals surface area (Å²) >= 11 is 3.35. The van der Waals surface area contributed by atoms with Crippen molar-refractivity contribution in [1.29, 1.82) is 0 Å². The van der Waals surface area contributed by atoms with Crippen molar-refractivity contribution in [3.63, 3.8) is 0 Å². The van der Waals surface area contributed by atoms with Gasteiger partial charge in [0, 0.05) is 10.6 Å². The molecule has 0 amide bonds. The van der Waals surface area contributed by atoms with Crippen molar-refractivity contribution in [1.82, 2.24) is 4.98 Å². The van der Waals surface area contributed by atoms with E-state index in [1.807, 2.05) is 12.1 Å². The molecule has 0 unspecified atom stereocenters. The molecule has 0 N–H and O–H groups in total. The van der Waals surface area contributed by atoms with E-state index < -0.39 is 0 Å². The standard InChI is InChI=1S/C9H8N4S2/c1-2-14-9-11-7-4-3-6(12-13-10)5-8(7)15-9/h3-5H,2H2,1H3. The lowest BCUT2D eigenvalue weighted by Crippen LogP contribution is -1.69. The minimum Gasteiger partial charge on any atom is -0.230 e. The molecule has 76 valence electrons. The molecular formula is C9H8N4S2. The minimum atomic E-state index is 0.640. The topological polar surface area (TPSA) is 61.7 Å². The van der Waals surface area contributed by atoms with E-state index in [0.717, 1.165) is 20.3 Å². The lowest BCUT2D eigenvalue weighted by molar-refractivity contribution is 1.30. The third-order valence-electron chi connectivity index (χ3n) is 1.78. The SMILES string of the molecule is CCSc1nc2ccc(N=[N+]=[N-])cc2s1. The van der Waals surface area contributed by atoms with Crippen LogP contribution in [0.2, 0.25) is 0 Å². The highest BCUT2D eigenvalue weighted by atomic mass is 32.2. The smallest absolute Gasteiger partial charge is 0.151 e. The largest absolute Gasteiger partial charge is 0.230 e. The van der Waals surface area contributed by atoms with Gasteiger partial charge in [-0.2, -0.15) is 0 Å². The molecule has 15 heavy (non-hydrogen) atoms. The quantitative estimate of drug-likeness (QED) is 0.344. The van der Waals surface area contributed by atoms with Crippen LogP contribution in [0.3, 0.4) is 0 Å². The van der Waals surface area contributed by atoms with Crippen LogP contribution in [-0.2, 0) is 0 Å². The summed E-state index contributed by atoms with van der Waals surface area (Å²) in [5.41, 5.74) is 9.93. The van der Waals surface area contributed by atoms with E-state index in [9.17, 15) is 0 Å². The molecular weight excluding hydrogens is 228 g/mol. The molecule has 6 heteroatoms. The molecule has 0 aliphatic carbocycles. The first-order valence-electron chi connectivity index (χ1n) is 4.42. The Morgan fingerprint density at radius 2 is 2.47 bits per heavy atom. The van der Waals surface area contributed by atoms with Crippen LogP contribution < -0.4 is 0 Å². The molecule has 0 aliphatic rings. The molecule has 2 aromatic rings. The molecule has 1 aromatic carbocycles. The minimum absolute atomic E-state index is 0.640. The summed E-state index contributed by atoms with van der Waals surface area (Å²) in [6.45, 7) is 2.10. The van der Waals surface area contributed by atoms with Crippen LogP contribution in [0.5, 0.6) is 0 Å². The second-order valence-electron chi connectivity index (χ2n) is 2.75. The zero-order valence-electron chi connectivity index (χ0n) is 8.04. The van der Waals surface area contributed by atoms with Gasteiger partial charge in [-0.05, 0) is 23.4 Å². The van der Waals surface area contributed by atoms with Crippen molar-refractivity contribution in [3.05, 3.63) is 28.6 Å². The Balaban J connectivity index is 2.47. The van der Waals surface area contributed by atoms with E-state index >= 15 is 0 Å². The summed E-state index contributed by atoms with van der Waals surface area (Å²) in [7, 11) is 0. The molecule has 0 bridgehead atoms. The number of benzene rings is 1. The van der Waals surface area contributed by atoms with E-state index in [2.05, 4.69) is 21.9 Å². The summed E-state index contributed by atoms with van der Waals surface area (Å²) < 4.78 is 2.13. The van der Waals surface area contributed by atoms with Crippen LogP contribution in [0.25, 0.3) is 20.7 Å². The number of fused-ring (bicyclic) bond motifs is 1. The van der Waals surface area contributed by atoms with Crippen LogP contribution in [-0.4, -0.2) is 10.7 Å². The van der Waals surface area contributed by atoms with Crippen molar-refractivity contribution in [2.45, 2.75) is 11.3 Å². The Kier molecular flexibility index (Phi) is 3.11. The molecule has 0 saturated heterocycles. The number of rotatable bonds is 3. The Morgan fingerprint density at radius 1 is 1.60 bits per heavy atom. The average Bonchev–Trinajstić information content (AvgIpc) is 2.60. The third-order valence-corrected chi connectivity index (χ3v) is 3.82.